The number of rotatable bonds is 9. The molecule has 0 saturated heterocycles. The predicted octanol–water partition coefficient (Wildman–Crippen LogP) is 3.19. The highest BCUT2D eigenvalue weighted by molar-refractivity contribution is 7.92. The molecule has 0 fully saturated rings. The number of methoxy groups -OCH3 is 1. The van der Waals surface area contributed by atoms with Gasteiger partial charge in [-0.15, -0.1) is 17.8 Å². The van der Waals surface area contributed by atoms with Crippen LogP contribution in [-0.4, -0.2) is 56.0 Å². The molecule has 2 heterocycles. The van der Waals surface area contributed by atoms with E-state index in [9.17, 15) is 22.8 Å². The van der Waals surface area contributed by atoms with E-state index in [-0.39, 0.29) is 21.9 Å². The Morgan fingerprint density at radius 2 is 2.02 bits per heavy atom. The second-order valence-electron chi connectivity index (χ2n) is 9.37. The highest BCUT2D eigenvalue weighted by Gasteiger charge is 2.30. The summed E-state index contributed by atoms with van der Waals surface area (Å²) in [4.78, 5) is 43.1. The molecule has 2 amide bonds. The number of thiazole rings is 1. The Hall–Kier alpha value is -3.47. The van der Waals surface area contributed by atoms with Crippen LogP contribution < -0.4 is 14.9 Å². The van der Waals surface area contributed by atoms with Gasteiger partial charge in [0.1, 0.15) is 22.3 Å². The lowest BCUT2D eigenvalue weighted by Gasteiger charge is -2.18. The minimum atomic E-state index is -4.17. The molecule has 3 aromatic rings. The van der Waals surface area contributed by atoms with Crippen LogP contribution in [0.5, 0.6) is 5.75 Å². The summed E-state index contributed by atoms with van der Waals surface area (Å²) in [6, 6.07) is 5.37. The summed E-state index contributed by atoms with van der Waals surface area (Å²) in [7, 11) is -2.92. The molecule has 0 saturated carbocycles. The number of amides is 2. The molecular weight excluding hydrogens is 575 g/mol. The third kappa shape index (κ3) is 6.63. The maximum atomic E-state index is 12.8. The molecule has 1 aliphatic carbocycles. The lowest BCUT2D eigenvalue weighted by atomic mass is 9.88. The highest BCUT2D eigenvalue weighted by atomic mass is 32.2. The summed E-state index contributed by atoms with van der Waals surface area (Å²) in [6.07, 6.45) is 7.83. The van der Waals surface area contributed by atoms with Gasteiger partial charge < -0.3 is 19.4 Å². The van der Waals surface area contributed by atoms with Crippen molar-refractivity contribution in [3.8, 4) is 18.1 Å². The molecule has 212 valence electrons. The first-order valence-electron chi connectivity index (χ1n) is 12.6. The molecule has 0 aliphatic heterocycles. The summed E-state index contributed by atoms with van der Waals surface area (Å²) in [5, 5.41) is 2.82. The number of aromatic nitrogens is 1. The largest absolute Gasteiger partial charge is 0.494 e. The van der Waals surface area contributed by atoms with Crippen LogP contribution in [0.3, 0.4) is 0 Å². The van der Waals surface area contributed by atoms with Gasteiger partial charge in [0.15, 0.2) is 14.6 Å². The van der Waals surface area contributed by atoms with Gasteiger partial charge in [-0.05, 0) is 55.9 Å². The molecule has 13 heteroatoms. The number of carbonyl (C=O) groups excluding carboxylic acids is 3. The zero-order valence-corrected chi connectivity index (χ0v) is 24.8. The molecule has 1 aliphatic rings. The summed E-state index contributed by atoms with van der Waals surface area (Å²) >= 11 is 2.43. The van der Waals surface area contributed by atoms with Crippen LogP contribution in [0.25, 0.3) is 10.2 Å². The van der Waals surface area contributed by atoms with E-state index in [1.807, 2.05) is 6.92 Å². The van der Waals surface area contributed by atoms with Crippen molar-refractivity contribution in [2.24, 2.45) is 10.9 Å². The van der Waals surface area contributed by atoms with Gasteiger partial charge in [0, 0.05) is 4.88 Å². The number of benzene rings is 1. The first kappa shape index (κ1) is 29.5. The normalized spacial score (nSPS) is 15.3. The number of sulfone groups is 1. The molecule has 1 atom stereocenters. The van der Waals surface area contributed by atoms with Crippen molar-refractivity contribution in [1.82, 2.24) is 4.57 Å². The third-order valence-electron chi connectivity index (χ3n) is 6.28. The second-order valence-corrected chi connectivity index (χ2v) is 13.5. The van der Waals surface area contributed by atoms with Gasteiger partial charge in [-0.1, -0.05) is 24.2 Å². The maximum absolute atomic E-state index is 12.8. The summed E-state index contributed by atoms with van der Waals surface area (Å²) < 4.78 is 38.4. The Morgan fingerprint density at radius 3 is 2.73 bits per heavy atom. The van der Waals surface area contributed by atoms with Gasteiger partial charge in [-0.2, -0.15) is 4.99 Å². The standard InChI is InChI=1S/C27H29N3O7S3/c1-5-11-30-19-10-8-17(37-6-2)13-21(19)39-27(30)29-23(32)15-40(34,35)14-22(31)28-25-24(26(33)36-4)18-9-7-16(3)12-20(18)38-25/h1,8,10,13,16H,6-7,9,11-12,14-15H2,2-4H3,(H,28,31). The van der Waals surface area contributed by atoms with Crippen LogP contribution in [0.1, 0.15) is 41.1 Å². The Kier molecular flexibility index (Phi) is 9.12. The molecule has 0 radical (unpaired) electrons. The number of hydrogen-bond donors (Lipinski definition) is 1. The van der Waals surface area contributed by atoms with Crippen LogP contribution in [0.2, 0.25) is 0 Å². The number of carbonyl (C=O) groups is 3. The number of nitrogens with zero attached hydrogens (tertiary/aromatic N) is 2. The van der Waals surface area contributed by atoms with Crippen molar-refractivity contribution >= 4 is 65.5 Å². The van der Waals surface area contributed by atoms with Crippen LogP contribution in [0.4, 0.5) is 5.00 Å². The van der Waals surface area contributed by atoms with Gasteiger partial charge in [0.25, 0.3) is 5.91 Å². The smallest absolute Gasteiger partial charge is 0.341 e. The molecular formula is C27H29N3O7S3. The average Bonchev–Trinajstić information content (AvgIpc) is 3.39. The highest BCUT2D eigenvalue weighted by Crippen LogP contribution is 2.40. The van der Waals surface area contributed by atoms with E-state index in [2.05, 4.69) is 23.2 Å². The molecule has 4 rings (SSSR count). The number of anilines is 1. The van der Waals surface area contributed by atoms with E-state index in [4.69, 9.17) is 15.9 Å². The van der Waals surface area contributed by atoms with Crippen molar-refractivity contribution in [1.29, 1.82) is 0 Å². The van der Waals surface area contributed by atoms with Crippen LogP contribution in [0, 0.1) is 18.3 Å². The molecule has 10 nitrogen and oxygen atoms in total. The summed E-state index contributed by atoms with van der Waals surface area (Å²) in [5.74, 6) is -0.673. The minimum absolute atomic E-state index is 0.126. The van der Waals surface area contributed by atoms with Crippen LogP contribution >= 0.6 is 22.7 Å². The van der Waals surface area contributed by atoms with Gasteiger partial charge in [0.2, 0.25) is 5.91 Å². The minimum Gasteiger partial charge on any atom is -0.494 e. The fourth-order valence-electron chi connectivity index (χ4n) is 4.54. The Labute approximate surface area is 239 Å². The quantitative estimate of drug-likeness (QED) is 0.293. The van der Waals surface area contributed by atoms with Crippen LogP contribution in [-0.2, 0) is 43.5 Å². The average molecular weight is 604 g/mol. The molecule has 0 bridgehead atoms. The van der Waals surface area contributed by atoms with E-state index in [0.717, 1.165) is 33.5 Å². The van der Waals surface area contributed by atoms with Gasteiger partial charge in [-0.25, -0.2) is 13.2 Å². The SMILES string of the molecule is C#CCn1c(=NC(=O)CS(=O)(=O)CC(=O)Nc2sc3c(c2C(=O)OC)CCC(C)C3)sc2cc(OCC)ccc21. The van der Waals surface area contributed by atoms with Crippen LogP contribution in [0.15, 0.2) is 23.2 Å². The maximum Gasteiger partial charge on any atom is 0.341 e. The Bertz CT molecular complexity index is 1690. The number of terminal acetylenes is 1. The van der Waals surface area contributed by atoms with Gasteiger partial charge in [0.05, 0.1) is 36.0 Å². The van der Waals surface area contributed by atoms with E-state index in [1.54, 1.807) is 22.8 Å². The second kappa shape index (κ2) is 12.4. The third-order valence-corrected chi connectivity index (χ3v) is 9.88. The van der Waals surface area contributed by atoms with Crippen molar-refractivity contribution in [3.05, 3.63) is 39.0 Å². The number of esters is 1. The molecule has 0 spiro atoms. The van der Waals surface area contributed by atoms with E-state index >= 15 is 0 Å². The lowest BCUT2D eigenvalue weighted by Crippen LogP contribution is -2.28. The Balaban J connectivity index is 1.52. The number of thiophene rings is 1. The zero-order valence-electron chi connectivity index (χ0n) is 22.3. The number of fused-ring (bicyclic) bond motifs is 2. The number of ether oxygens (including phenoxy) is 2. The van der Waals surface area contributed by atoms with Crippen molar-refractivity contribution in [3.63, 3.8) is 0 Å². The van der Waals surface area contributed by atoms with Gasteiger partial charge in [-0.3, -0.25) is 9.59 Å². The Morgan fingerprint density at radius 1 is 1.25 bits per heavy atom. The first-order chi connectivity index (χ1) is 19.0. The summed E-state index contributed by atoms with van der Waals surface area (Å²) in [6.45, 7) is 4.59. The fraction of sp³-hybridized carbons (Fsp3) is 0.407. The van der Waals surface area contributed by atoms with E-state index in [1.165, 1.54) is 29.8 Å². The first-order valence-corrected chi connectivity index (χ1v) is 16.0. The summed E-state index contributed by atoms with van der Waals surface area (Å²) in [5.41, 5.74) is 1.83. The lowest BCUT2D eigenvalue weighted by molar-refractivity contribution is -0.115. The van der Waals surface area contributed by atoms with Crippen molar-refractivity contribution < 1.29 is 32.3 Å². The van der Waals surface area contributed by atoms with Crippen molar-refractivity contribution in [2.75, 3.05) is 30.5 Å². The molecule has 1 N–H and O–H groups in total. The number of nitrogens with one attached hydrogen (secondary N) is 1. The van der Waals surface area contributed by atoms with E-state index < -0.39 is 39.1 Å². The molecule has 1 aromatic carbocycles. The zero-order chi connectivity index (χ0) is 29.0. The molecule has 2 aromatic heterocycles. The molecule has 40 heavy (non-hydrogen) atoms. The predicted molar refractivity (Wildman–Crippen MR) is 155 cm³/mol. The topological polar surface area (TPSA) is 133 Å². The number of hydrogen-bond acceptors (Lipinski definition) is 9. The van der Waals surface area contributed by atoms with Gasteiger partial charge >= 0.3 is 5.97 Å². The molecule has 1 unspecified atom stereocenters. The van der Waals surface area contributed by atoms with E-state index in [0.29, 0.717) is 24.7 Å². The van der Waals surface area contributed by atoms with Crippen molar-refractivity contribution in [2.45, 2.75) is 39.7 Å². The monoisotopic (exact) mass is 603 g/mol. The fourth-order valence-corrected chi connectivity index (χ4v) is 8.04.